The molecule has 0 saturated carbocycles. The van der Waals surface area contributed by atoms with E-state index in [1.54, 1.807) is 12.4 Å². The zero-order valence-electron chi connectivity index (χ0n) is 12.0. The predicted molar refractivity (Wildman–Crippen MR) is 79.5 cm³/mol. The van der Waals surface area contributed by atoms with Gasteiger partial charge in [0.25, 0.3) is 0 Å². The van der Waals surface area contributed by atoms with Gasteiger partial charge in [0.15, 0.2) is 0 Å². The monoisotopic (exact) mass is 284 g/mol. The van der Waals surface area contributed by atoms with Crippen molar-refractivity contribution in [2.24, 2.45) is 0 Å². The van der Waals surface area contributed by atoms with E-state index in [0.29, 0.717) is 6.42 Å². The van der Waals surface area contributed by atoms with Crippen LogP contribution in [0.4, 0.5) is 0 Å². The fourth-order valence-electron chi connectivity index (χ4n) is 2.95. The minimum atomic E-state index is 0.155. The lowest BCUT2D eigenvalue weighted by molar-refractivity contribution is -0.135. The lowest BCUT2D eigenvalue weighted by atomic mass is 9.98. The van der Waals surface area contributed by atoms with Gasteiger partial charge in [0, 0.05) is 31.6 Å². The number of aromatic amines is 1. The van der Waals surface area contributed by atoms with Crippen LogP contribution in [0.15, 0.2) is 36.8 Å². The molecule has 1 atom stereocenters. The molecule has 110 valence electrons. The number of carbonyl (C=O) groups excluding carboxylic acids is 1. The first kappa shape index (κ1) is 13.8. The van der Waals surface area contributed by atoms with Gasteiger partial charge in [-0.2, -0.15) is 5.10 Å². The van der Waals surface area contributed by atoms with Crippen molar-refractivity contribution in [2.75, 3.05) is 6.54 Å². The van der Waals surface area contributed by atoms with Crippen LogP contribution >= 0.6 is 0 Å². The van der Waals surface area contributed by atoms with E-state index in [0.717, 1.165) is 43.5 Å². The summed E-state index contributed by atoms with van der Waals surface area (Å²) < 4.78 is 0. The number of amides is 1. The summed E-state index contributed by atoms with van der Waals surface area (Å²) in [6.45, 7) is 0.843. The quantitative estimate of drug-likeness (QED) is 0.938. The van der Waals surface area contributed by atoms with Crippen LogP contribution in [0, 0.1) is 0 Å². The van der Waals surface area contributed by atoms with Crippen molar-refractivity contribution in [1.29, 1.82) is 0 Å². The summed E-state index contributed by atoms with van der Waals surface area (Å²) in [6, 6.07) is 6.05. The summed E-state index contributed by atoms with van der Waals surface area (Å²) in [5.74, 6) is 0.221. The van der Waals surface area contributed by atoms with Crippen LogP contribution in [-0.2, 0) is 11.2 Å². The van der Waals surface area contributed by atoms with Crippen molar-refractivity contribution in [3.8, 4) is 0 Å². The van der Waals surface area contributed by atoms with Crippen molar-refractivity contribution >= 4 is 5.91 Å². The van der Waals surface area contributed by atoms with Gasteiger partial charge in [-0.3, -0.25) is 14.9 Å². The summed E-state index contributed by atoms with van der Waals surface area (Å²) in [5.41, 5.74) is 2.16. The number of nitrogens with zero attached hydrogens (tertiary/aromatic N) is 3. The summed E-state index contributed by atoms with van der Waals surface area (Å²) in [7, 11) is 0. The lowest BCUT2D eigenvalue weighted by Crippen LogP contribution is -2.38. The third-order valence-corrected chi connectivity index (χ3v) is 4.05. The molecule has 0 spiro atoms. The van der Waals surface area contributed by atoms with Gasteiger partial charge in [-0.15, -0.1) is 0 Å². The number of pyridine rings is 1. The number of rotatable bonds is 4. The number of aromatic nitrogens is 3. The average molecular weight is 284 g/mol. The van der Waals surface area contributed by atoms with E-state index in [1.165, 1.54) is 0 Å². The van der Waals surface area contributed by atoms with Crippen LogP contribution in [0.3, 0.4) is 0 Å². The van der Waals surface area contributed by atoms with Gasteiger partial charge in [-0.05, 0) is 43.4 Å². The van der Waals surface area contributed by atoms with Crippen molar-refractivity contribution in [3.63, 3.8) is 0 Å². The first-order chi connectivity index (χ1) is 10.3. The van der Waals surface area contributed by atoms with E-state index >= 15 is 0 Å². The van der Waals surface area contributed by atoms with Crippen LogP contribution in [-0.4, -0.2) is 32.5 Å². The minimum absolute atomic E-state index is 0.155. The van der Waals surface area contributed by atoms with E-state index in [2.05, 4.69) is 15.2 Å². The Balaban J connectivity index is 1.64. The van der Waals surface area contributed by atoms with Gasteiger partial charge in [0.1, 0.15) is 0 Å². The smallest absolute Gasteiger partial charge is 0.223 e. The molecular formula is C16H20N4O. The van der Waals surface area contributed by atoms with Crippen LogP contribution in [0.5, 0.6) is 0 Å². The molecule has 0 radical (unpaired) electrons. The van der Waals surface area contributed by atoms with Crippen molar-refractivity contribution in [3.05, 3.63) is 48.0 Å². The Bertz CT molecular complexity index is 567. The maximum Gasteiger partial charge on any atom is 0.223 e. The van der Waals surface area contributed by atoms with Crippen molar-refractivity contribution < 1.29 is 4.79 Å². The lowest BCUT2D eigenvalue weighted by Gasteiger charge is -2.35. The molecule has 0 aliphatic carbocycles. The zero-order valence-corrected chi connectivity index (χ0v) is 12.0. The van der Waals surface area contributed by atoms with E-state index in [1.807, 2.05) is 29.3 Å². The molecule has 1 saturated heterocycles. The van der Waals surface area contributed by atoms with Gasteiger partial charge in [-0.1, -0.05) is 6.07 Å². The molecule has 1 N–H and O–H groups in total. The fraction of sp³-hybridized carbons (Fsp3) is 0.438. The van der Waals surface area contributed by atoms with E-state index in [9.17, 15) is 4.79 Å². The molecule has 0 aromatic carbocycles. The maximum absolute atomic E-state index is 12.5. The maximum atomic E-state index is 12.5. The highest BCUT2D eigenvalue weighted by atomic mass is 16.2. The number of hydrogen-bond acceptors (Lipinski definition) is 3. The molecule has 1 aliphatic rings. The van der Waals surface area contributed by atoms with Crippen LogP contribution in [0.25, 0.3) is 0 Å². The number of carbonyl (C=O) groups is 1. The topological polar surface area (TPSA) is 61.9 Å². The molecule has 1 aliphatic heterocycles. The van der Waals surface area contributed by atoms with Crippen molar-refractivity contribution in [2.45, 2.75) is 38.1 Å². The Morgan fingerprint density at radius 3 is 3.05 bits per heavy atom. The second-order valence-electron chi connectivity index (χ2n) is 5.47. The molecule has 3 heterocycles. The highest BCUT2D eigenvalue weighted by molar-refractivity contribution is 5.77. The number of hydrogen-bond donors (Lipinski definition) is 1. The highest BCUT2D eigenvalue weighted by Crippen LogP contribution is 2.30. The molecule has 1 fully saturated rings. The Hall–Kier alpha value is -2.17. The second-order valence-corrected chi connectivity index (χ2v) is 5.47. The molecule has 5 heteroatoms. The number of H-pyrrole nitrogens is 1. The molecule has 2 aromatic rings. The van der Waals surface area contributed by atoms with Gasteiger partial charge < -0.3 is 4.90 Å². The number of aryl methyl sites for hydroxylation is 1. The van der Waals surface area contributed by atoms with Crippen LogP contribution in [0.2, 0.25) is 0 Å². The van der Waals surface area contributed by atoms with E-state index < -0.39 is 0 Å². The fourth-order valence-corrected chi connectivity index (χ4v) is 2.95. The summed E-state index contributed by atoms with van der Waals surface area (Å²) in [4.78, 5) is 18.6. The summed E-state index contributed by atoms with van der Waals surface area (Å²) in [5, 5.41) is 7.03. The molecule has 3 rings (SSSR count). The number of likely N-dealkylation sites (tertiary alicyclic amines) is 1. The molecule has 21 heavy (non-hydrogen) atoms. The predicted octanol–water partition coefficient (Wildman–Crippen LogP) is 2.49. The third-order valence-electron chi connectivity index (χ3n) is 4.05. The summed E-state index contributed by atoms with van der Waals surface area (Å²) in [6.07, 6.45) is 9.89. The Kier molecular flexibility index (Phi) is 4.28. The first-order valence-electron chi connectivity index (χ1n) is 7.52. The first-order valence-corrected chi connectivity index (χ1v) is 7.52. The number of piperidine rings is 1. The van der Waals surface area contributed by atoms with Crippen LogP contribution in [0.1, 0.15) is 43.0 Å². The zero-order chi connectivity index (χ0) is 14.5. The second kappa shape index (κ2) is 6.52. The standard InChI is InChI=1S/C16H20N4O/c21-16(7-6-13-4-3-9-17-12-13)20-11-2-1-5-15(20)14-8-10-18-19-14/h3-4,8-10,12,15H,1-2,5-7,11H2,(H,18,19). The van der Waals surface area contributed by atoms with Gasteiger partial charge in [-0.25, -0.2) is 0 Å². The molecule has 1 unspecified atom stereocenters. The Morgan fingerprint density at radius 1 is 1.33 bits per heavy atom. The largest absolute Gasteiger partial charge is 0.334 e. The molecule has 5 nitrogen and oxygen atoms in total. The van der Waals surface area contributed by atoms with Gasteiger partial charge >= 0.3 is 0 Å². The van der Waals surface area contributed by atoms with Gasteiger partial charge in [0.05, 0.1) is 11.7 Å². The van der Waals surface area contributed by atoms with Gasteiger partial charge in [0.2, 0.25) is 5.91 Å². The SMILES string of the molecule is O=C(CCc1cccnc1)N1CCCCC1c1ccn[nH]1. The normalized spacial score (nSPS) is 18.7. The van der Waals surface area contributed by atoms with E-state index in [-0.39, 0.29) is 11.9 Å². The summed E-state index contributed by atoms with van der Waals surface area (Å²) >= 11 is 0. The van der Waals surface area contributed by atoms with E-state index in [4.69, 9.17) is 0 Å². The Morgan fingerprint density at radius 2 is 2.29 bits per heavy atom. The molecule has 0 bridgehead atoms. The molecular weight excluding hydrogens is 264 g/mol. The van der Waals surface area contributed by atoms with Crippen LogP contribution < -0.4 is 0 Å². The Labute approximate surface area is 124 Å². The minimum Gasteiger partial charge on any atom is -0.334 e. The third kappa shape index (κ3) is 3.29. The number of nitrogens with one attached hydrogen (secondary N) is 1. The average Bonchev–Trinajstić information content (AvgIpc) is 3.08. The van der Waals surface area contributed by atoms with Crippen molar-refractivity contribution in [1.82, 2.24) is 20.1 Å². The molecule has 1 amide bonds. The molecule has 2 aromatic heterocycles. The highest BCUT2D eigenvalue weighted by Gasteiger charge is 2.28.